The van der Waals surface area contributed by atoms with Gasteiger partial charge in [-0.2, -0.15) is 0 Å². The Morgan fingerprint density at radius 1 is 1.11 bits per heavy atom. The van der Waals surface area contributed by atoms with Crippen molar-refractivity contribution in [2.24, 2.45) is 0 Å². The van der Waals surface area contributed by atoms with Crippen LogP contribution in [0.25, 0.3) is 0 Å². The van der Waals surface area contributed by atoms with Gasteiger partial charge in [-0.15, -0.1) is 0 Å². The van der Waals surface area contributed by atoms with Gasteiger partial charge in [-0.25, -0.2) is 0 Å². The summed E-state index contributed by atoms with van der Waals surface area (Å²) < 4.78 is 0. The van der Waals surface area contributed by atoms with E-state index in [0.717, 1.165) is 11.3 Å². The third-order valence-corrected chi connectivity index (χ3v) is 3.20. The quantitative estimate of drug-likeness (QED) is 0.832. The summed E-state index contributed by atoms with van der Waals surface area (Å²) in [7, 11) is 0. The molecule has 0 radical (unpaired) electrons. The Kier molecular flexibility index (Phi) is 5.07. The first-order valence-corrected chi connectivity index (χ1v) is 6.61. The van der Waals surface area contributed by atoms with Gasteiger partial charge in [-0.05, 0) is 31.0 Å². The number of pyridine rings is 1. The second-order valence-corrected chi connectivity index (χ2v) is 4.75. The van der Waals surface area contributed by atoms with Gasteiger partial charge in [-0.3, -0.25) is 4.98 Å². The lowest BCUT2D eigenvalue weighted by Gasteiger charge is -2.20. The molecule has 2 rings (SSSR count). The lowest BCUT2D eigenvalue weighted by molar-refractivity contribution is 0.133. The molecule has 1 heterocycles. The molecule has 19 heavy (non-hydrogen) atoms. The van der Waals surface area contributed by atoms with Gasteiger partial charge >= 0.3 is 0 Å². The maximum absolute atomic E-state index is 10.2. The Morgan fingerprint density at radius 2 is 1.84 bits per heavy atom. The van der Waals surface area contributed by atoms with Crippen LogP contribution in [0.1, 0.15) is 18.2 Å². The molecule has 2 aromatic rings. The highest BCUT2D eigenvalue weighted by atomic mass is 16.3. The van der Waals surface area contributed by atoms with E-state index in [2.05, 4.69) is 10.3 Å². The summed E-state index contributed by atoms with van der Waals surface area (Å²) in [6, 6.07) is 15.9. The van der Waals surface area contributed by atoms with Crippen LogP contribution in [0.4, 0.5) is 0 Å². The zero-order chi connectivity index (χ0) is 13.5. The maximum Gasteiger partial charge on any atom is 0.0730 e. The number of aliphatic hydroxyl groups is 1. The van der Waals surface area contributed by atoms with Gasteiger partial charge in [0.25, 0.3) is 0 Å². The second kappa shape index (κ2) is 7.02. The molecule has 1 aromatic carbocycles. The van der Waals surface area contributed by atoms with Gasteiger partial charge in [0.2, 0.25) is 0 Å². The fourth-order valence-corrected chi connectivity index (χ4v) is 1.94. The first-order valence-electron chi connectivity index (χ1n) is 6.61. The monoisotopic (exact) mass is 256 g/mol. The Bertz CT molecular complexity index is 473. The van der Waals surface area contributed by atoms with Crippen LogP contribution < -0.4 is 5.32 Å². The molecule has 1 aromatic heterocycles. The molecule has 100 valence electrons. The summed E-state index contributed by atoms with van der Waals surface area (Å²) in [6.07, 6.45) is 2.05. The molecule has 0 aliphatic heterocycles. The van der Waals surface area contributed by atoms with Crippen LogP contribution in [0.15, 0.2) is 54.7 Å². The summed E-state index contributed by atoms with van der Waals surface area (Å²) in [6.45, 7) is 2.67. The highest BCUT2D eigenvalue weighted by Crippen LogP contribution is 2.06. The standard InChI is InChI=1S/C16H20N2O/c1-13(18-12-15-9-5-6-10-17-15)16(19)11-14-7-3-2-4-8-14/h2-10,13,16,18-19H,11-12H2,1H3/t13-,16+/m0/s1. The van der Waals surface area contributed by atoms with E-state index in [9.17, 15) is 5.11 Å². The molecule has 0 spiro atoms. The third-order valence-electron chi connectivity index (χ3n) is 3.20. The lowest BCUT2D eigenvalue weighted by Crippen LogP contribution is -2.38. The molecular weight excluding hydrogens is 236 g/mol. The minimum Gasteiger partial charge on any atom is -0.391 e. The SMILES string of the molecule is C[C@H](NCc1ccccn1)[C@H](O)Cc1ccccc1. The molecule has 3 heteroatoms. The van der Waals surface area contributed by atoms with E-state index < -0.39 is 6.10 Å². The molecule has 2 N–H and O–H groups in total. The van der Waals surface area contributed by atoms with Crippen LogP contribution >= 0.6 is 0 Å². The van der Waals surface area contributed by atoms with Crippen molar-refractivity contribution in [1.29, 1.82) is 0 Å². The summed E-state index contributed by atoms with van der Waals surface area (Å²) in [4.78, 5) is 4.25. The van der Waals surface area contributed by atoms with E-state index in [1.807, 2.05) is 55.5 Å². The van der Waals surface area contributed by atoms with Gasteiger partial charge < -0.3 is 10.4 Å². The normalized spacial score (nSPS) is 14.0. The number of hydrogen-bond acceptors (Lipinski definition) is 3. The van der Waals surface area contributed by atoms with E-state index in [4.69, 9.17) is 0 Å². The Hall–Kier alpha value is -1.71. The number of nitrogens with one attached hydrogen (secondary N) is 1. The topological polar surface area (TPSA) is 45.2 Å². The van der Waals surface area contributed by atoms with Gasteiger partial charge in [0.15, 0.2) is 0 Å². The molecule has 0 unspecified atom stereocenters. The average molecular weight is 256 g/mol. The Labute approximate surface area is 114 Å². The first kappa shape index (κ1) is 13.7. The van der Waals surface area contributed by atoms with Crippen molar-refractivity contribution in [3.8, 4) is 0 Å². The maximum atomic E-state index is 10.2. The molecular formula is C16H20N2O. The van der Waals surface area contributed by atoms with Crippen LogP contribution in [0.5, 0.6) is 0 Å². The zero-order valence-electron chi connectivity index (χ0n) is 11.2. The zero-order valence-corrected chi connectivity index (χ0v) is 11.2. The molecule has 3 nitrogen and oxygen atoms in total. The molecule has 0 fully saturated rings. The fraction of sp³-hybridized carbons (Fsp3) is 0.312. The average Bonchev–Trinajstić information content (AvgIpc) is 2.47. The molecule has 0 saturated heterocycles. The summed E-state index contributed by atoms with van der Waals surface area (Å²) in [5, 5.41) is 13.5. The van der Waals surface area contributed by atoms with Crippen molar-refractivity contribution in [2.45, 2.75) is 32.0 Å². The van der Waals surface area contributed by atoms with Crippen LogP contribution in [-0.4, -0.2) is 22.2 Å². The number of hydrogen-bond donors (Lipinski definition) is 2. The Morgan fingerprint density at radius 3 is 2.53 bits per heavy atom. The predicted octanol–water partition coefficient (Wildman–Crippen LogP) is 2.16. The largest absolute Gasteiger partial charge is 0.391 e. The lowest BCUT2D eigenvalue weighted by atomic mass is 10.0. The highest BCUT2D eigenvalue weighted by Gasteiger charge is 2.14. The van der Waals surface area contributed by atoms with Crippen LogP contribution in [0.3, 0.4) is 0 Å². The van der Waals surface area contributed by atoms with Crippen molar-refractivity contribution >= 4 is 0 Å². The van der Waals surface area contributed by atoms with Crippen LogP contribution in [0.2, 0.25) is 0 Å². The molecule has 0 aliphatic rings. The van der Waals surface area contributed by atoms with E-state index in [0.29, 0.717) is 13.0 Å². The van der Waals surface area contributed by atoms with E-state index in [1.54, 1.807) is 6.20 Å². The van der Waals surface area contributed by atoms with Crippen molar-refractivity contribution in [2.75, 3.05) is 0 Å². The van der Waals surface area contributed by atoms with E-state index in [1.165, 1.54) is 0 Å². The minimum absolute atomic E-state index is 0.0298. The smallest absolute Gasteiger partial charge is 0.0730 e. The number of benzene rings is 1. The number of aliphatic hydroxyl groups excluding tert-OH is 1. The Balaban J connectivity index is 1.81. The number of aromatic nitrogens is 1. The van der Waals surface area contributed by atoms with Crippen molar-refractivity contribution < 1.29 is 5.11 Å². The molecule has 0 aliphatic carbocycles. The van der Waals surface area contributed by atoms with Crippen molar-refractivity contribution in [3.63, 3.8) is 0 Å². The third kappa shape index (κ3) is 4.47. The molecule has 0 saturated carbocycles. The van der Waals surface area contributed by atoms with Gasteiger partial charge in [0.1, 0.15) is 0 Å². The molecule has 2 atom stereocenters. The van der Waals surface area contributed by atoms with Crippen LogP contribution in [-0.2, 0) is 13.0 Å². The highest BCUT2D eigenvalue weighted by molar-refractivity contribution is 5.15. The number of rotatable bonds is 6. The van der Waals surface area contributed by atoms with Gasteiger partial charge in [0.05, 0.1) is 11.8 Å². The predicted molar refractivity (Wildman–Crippen MR) is 76.7 cm³/mol. The van der Waals surface area contributed by atoms with E-state index in [-0.39, 0.29) is 6.04 Å². The molecule has 0 amide bonds. The van der Waals surface area contributed by atoms with Gasteiger partial charge in [0, 0.05) is 18.8 Å². The number of nitrogens with zero attached hydrogens (tertiary/aromatic N) is 1. The fourth-order valence-electron chi connectivity index (χ4n) is 1.94. The van der Waals surface area contributed by atoms with Crippen molar-refractivity contribution in [1.82, 2.24) is 10.3 Å². The molecule has 0 bridgehead atoms. The van der Waals surface area contributed by atoms with Crippen LogP contribution in [0, 0.1) is 0 Å². The summed E-state index contributed by atoms with van der Waals surface area (Å²) >= 11 is 0. The summed E-state index contributed by atoms with van der Waals surface area (Å²) in [5.74, 6) is 0. The second-order valence-electron chi connectivity index (χ2n) is 4.75. The first-order chi connectivity index (χ1) is 9.25. The van der Waals surface area contributed by atoms with E-state index >= 15 is 0 Å². The minimum atomic E-state index is -0.397. The summed E-state index contributed by atoms with van der Waals surface area (Å²) in [5.41, 5.74) is 2.14. The van der Waals surface area contributed by atoms with Gasteiger partial charge in [-0.1, -0.05) is 36.4 Å². The van der Waals surface area contributed by atoms with Crippen molar-refractivity contribution in [3.05, 3.63) is 66.0 Å².